The summed E-state index contributed by atoms with van der Waals surface area (Å²) in [7, 11) is 0. The van der Waals surface area contributed by atoms with Crippen molar-refractivity contribution in [1.82, 2.24) is 0 Å². The molecule has 0 N–H and O–H groups in total. The van der Waals surface area contributed by atoms with Crippen LogP contribution in [0.15, 0.2) is 199 Å². The van der Waals surface area contributed by atoms with Crippen molar-refractivity contribution in [1.29, 1.82) is 0 Å². The van der Waals surface area contributed by atoms with Crippen LogP contribution in [0.2, 0.25) is 0 Å². The second-order valence-electron chi connectivity index (χ2n) is 16.2. The second-order valence-corrected chi connectivity index (χ2v) is 16.2. The first kappa shape index (κ1) is 31.4. The predicted molar refractivity (Wildman–Crippen MR) is 241 cm³/mol. The number of fused-ring (bicyclic) bond motifs is 14. The van der Waals surface area contributed by atoms with Crippen LogP contribution in [0.1, 0.15) is 22.3 Å². The largest absolute Gasteiger partial charge is 0.456 e. The topological polar surface area (TPSA) is 22.4 Å². The van der Waals surface area contributed by atoms with E-state index in [1.54, 1.807) is 0 Å². The van der Waals surface area contributed by atoms with Gasteiger partial charge in [-0.3, -0.25) is 0 Å². The van der Waals surface area contributed by atoms with Crippen molar-refractivity contribution in [3.05, 3.63) is 216 Å². The van der Waals surface area contributed by atoms with Crippen LogP contribution in [0.5, 0.6) is 11.5 Å². The summed E-state index contributed by atoms with van der Waals surface area (Å²) in [6.45, 7) is 0. The summed E-state index contributed by atoms with van der Waals surface area (Å²) >= 11 is 0. The molecule has 0 radical (unpaired) electrons. The molecule has 1 spiro atoms. The average Bonchev–Trinajstić information content (AvgIpc) is 3.82. The Hall–Kier alpha value is -7.68. The molecule has 0 amide bonds. The van der Waals surface area contributed by atoms with E-state index in [1.165, 1.54) is 72.0 Å². The minimum Gasteiger partial charge on any atom is -0.456 e. The zero-order valence-corrected chi connectivity index (χ0v) is 31.8. The Morgan fingerprint density at radius 2 is 0.864 bits per heavy atom. The SMILES string of the molecule is c1ccc2c(c1)-c1ccc(-c3ccc4c(c3)-c3cccc5c(-c6cccc7oc8ccccc8c67)ccc(c35)O4)cc1C21c2ccccc2-c2cccc3cccc1c23. The molecule has 2 nitrogen and oxygen atoms in total. The highest BCUT2D eigenvalue weighted by molar-refractivity contribution is 6.18. The molecule has 2 heterocycles. The Labute approximate surface area is 340 Å². The van der Waals surface area contributed by atoms with Crippen molar-refractivity contribution in [2.75, 3.05) is 0 Å². The van der Waals surface area contributed by atoms with Gasteiger partial charge < -0.3 is 9.15 Å². The molecule has 1 unspecified atom stereocenters. The Morgan fingerprint density at radius 1 is 0.305 bits per heavy atom. The van der Waals surface area contributed by atoms with Crippen molar-refractivity contribution < 1.29 is 9.15 Å². The fourth-order valence-electron chi connectivity index (χ4n) is 11.2. The smallest absolute Gasteiger partial charge is 0.136 e. The molecule has 10 aromatic carbocycles. The summed E-state index contributed by atoms with van der Waals surface area (Å²) in [4.78, 5) is 0. The molecule has 11 aromatic rings. The fourth-order valence-corrected chi connectivity index (χ4v) is 11.2. The highest BCUT2D eigenvalue weighted by atomic mass is 16.5. The standard InChI is InChI=1S/C57H32O2/c1-4-20-46-37(13-1)39-27-25-35(32-49(39)57(46)47-21-5-2-14-38(47)42-16-7-11-33-12-8-22-48(57)54(33)42)34-26-29-51-45(31-34)43-18-9-17-40-36(28-30-53(59-51)55(40)43)41-19-10-24-52-56(41)44-15-3-6-23-50(44)58-52/h1-32H. The molecule has 1 aliphatic heterocycles. The van der Waals surface area contributed by atoms with Gasteiger partial charge in [-0.15, -0.1) is 0 Å². The molecule has 14 rings (SSSR count). The molecule has 0 saturated heterocycles. The van der Waals surface area contributed by atoms with Gasteiger partial charge in [0.1, 0.15) is 22.7 Å². The predicted octanol–water partition coefficient (Wildman–Crippen LogP) is 15.3. The number of benzene rings is 10. The number of para-hydroxylation sites is 1. The van der Waals surface area contributed by atoms with Crippen LogP contribution >= 0.6 is 0 Å². The first-order valence-corrected chi connectivity index (χ1v) is 20.4. The third-order valence-electron chi connectivity index (χ3n) is 13.5. The first-order valence-electron chi connectivity index (χ1n) is 20.4. The monoisotopic (exact) mass is 748 g/mol. The number of rotatable bonds is 2. The van der Waals surface area contributed by atoms with E-state index in [2.05, 4.69) is 182 Å². The Morgan fingerprint density at radius 3 is 1.73 bits per heavy atom. The number of furan rings is 1. The normalized spacial score (nSPS) is 15.3. The lowest BCUT2D eigenvalue weighted by atomic mass is 9.61. The second kappa shape index (κ2) is 11.2. The summed E-state index contributed by atoms with van der Waals surface area (Å²) in [5.74, 6) is 1.76. The van der Waals surface area contributed by atoms with Gasteiger partial charge in [0.2, 0.25) is 0 Å². The van der Waals surface area contributed by atoms with E-state index >= 15 is 0 Å². The maximum absolute atomic E-state index is 6.77. The van der Waals surface area contributed by atoms with E-state index in [9.17, 15) is 0 Å². The van der Waals surface area contributed by atoms with Crippen LogP contribution in [-0.4, -0.2) is 0 Å². The van der Waals surface area contributed by atoms with Crippen molar-refractivity contribution >= 4 is 43.5 Å². The average molecular weight is 749 g/mol. The number of hydrogen-bond donors (Lipinski definition) is 0. The van der Waals surface area contributed by atoms with E-state index in [-0.39, 0.29) is 0 Å². The molecule has 1 atom stereocenters. The zero-order chi connectivity index (χ0) is 38.4. The van der Waals surface area contributed by atoms with Gasteiger partial charge >= 0.3 is 0 Å². The first-order chi connectivity index (χ1) is 29.3. The lowest BCUT2D eigenvalue weighted by molar-refractivity contribution is 0.487. The third-order valence-corrected chi connectivity index (χ3v) is 13.5. The summed E-state index contributed by atoms with van der Waals surface area (Å²) in [5.41, 5.74) is 18.9. The molecule has 2 aliphatic carbocycles. The molecule has 3 aliphatic rings. The van der Waals surface area contributed by atoms with Gasteiger partial charge in [-0.1, -0.05) is 158 Å². The number of hydrogen-bond acceptors (Lipinski definition) is 2. The van der Waals surface area contributed by atoms with Crippen LogP contribution in [0, 0.1) is 0 Å². The fraction of sp³-hybridized carbons (Fsp3) is 0.0175. The van der Waals surface area contributed by atoms with E-state index in [0.717, 1.165) is 60.9 Å². The molecule has 59 heavy (non-hydrogen) atoms. The minimum atomic E-state index is -0.464. The maximum Gasteiger partial charge on any atom is 0.136 e. The minimum absolute atomic E-state index is 0.464. The third kappa shape index (κ3) is 3.96. The van der Waals surface area contributed by atoms with Gasteiger partial charge in [0, 0.05) is 21.7 Å². The lowest BCUT2D eigenvalue weighted by Crippen LogP contribution is -2.31. The Kier molecular flexibility index (Phi) is 5.99. The van der Waals surface area contributed by atoms with E-state index in [1.807, 2.05) is 12.1 Å². The van der Waals surface area contributed by atoms with Crippen LogP contribution in [0.25, 0.3) is 99.1 Å². The molecule has 0 bridgehead atoms. The molecular weight excluding hydrogens is 717 g/mol. The van der Waals surface area contributed by atoms with Crippen molar-refractivity contribution in [2.24, 2.45) is 0 Å². The summed E-state index contributed by atoms with van der Waals surface area (Å²) < 4.78 is 13.1. The molecule has 272 valence electrons. The van der Waals surface area contributed by atoms with Crippen molar-refractivity contribution in [3.63, 3.8) is 0 Å². The highest BCUT2D eigenvalue weighted by Gasteiger charge is 2.50. The maximum atomic E-state index is 6.77. The van der Waals surface area contributed by atoms with E-state index in [4.69, 9.17) is 9.15 Å². The Bertz CT molecular complexity index is 3650. The molecule has 1 aromatic heterocycles. The quantitative estimate of drug-likeness (QED) is 0.176. The van der Waals surface area contributed by atoms with Gasteiger partial charge in [0.25, 0.3) is 0 Å². The Balaban J connectivity index is 0.976. The van der Waals surface area contributed by atoms with Crippen LogP contribution in [0.3, 0.4) is 0 Å². The number of ether oxygens (including phenoxy) is 1. The van der Waals surface area contributed by atoms with Gasteiger partial charge in [-0.05, 0) is 125 Å². The molecule has 0 saturated carbocycles. The summed E-state index contributed by atoms with van der Waals surface area (Å²) in [5, 5.41) is 7.18. The van der Waals surface area contributed by atoms with Crippen LogP contribution in [0.4, 0.5) is 0 Å². The lowest BCUT2D eigenvalue weighted by Gasteiger charge is -2.40. The van der Waals surface area contributed by atoms with Gasteiger partial charge in [-0.25, -0.2) is 0 Å². The van der Waals surface area contributed by atoms with Crippen LogP contribution < -0.4 is 4.74 Å². The summed E-state index contributed by atoms with van der Waals surface area (Å²) in [6, 6.07) is 71.4. The summed E-state index contributed by atoms with van der Waals surface area (Å²) in [6.07, 6.45) is 0. The molecule has 0 fully saturated rings. The van der Waals surface area contributed by atoms with Gasteiger partial charge in [0.05, 0.1) is 5.41 Å². The highest BCUT2D eigenvalue weighted by Crippen LogP contribution is 2.62. The van der Waals surface area contributed by atoms with E-state index in [0.29, 0.717) is 0 Å². The van der Waals surface area contributed by atoms with Gasteiger partial charge in [0.15, 0.2) is 0 Å². The zero-order valence-electron chi connectivity index (χ0n) is 31.8. The molecular formula is C57H32O2. The van der Waals surface area contributed by atoms with Gasteiger partial charge in [-0.2, -0.15) is 0 Å². The van der Waals surface area contributed by atoms with Crippen molar-refractivity contribution in [2.45, 2.75) is 5.41 Å². The van der Waals surface area contributed by atoms with Crippen LogP contribution in [-0.2, 0) is 5.41 Å². The van der Waals surface area contributed by atoms with E-state index < -0.39 is 5.41 Å². The van der Waals surface area contributed by atoms with Crippen molar-refractivity contribution in [3.8, 4) is 67.1 Å². The molecule has 2 heteroatoms.